The maximum atomic E-state index is 15.0. The number of halogens is 3. The zero-order chi connectivity index (χ0) is 26.9. The summed E-state index contributed by atoms with van der Waals surface area (Å²) in [6, 6.07) is 17.3. The molecule has 2 N–H and O–H groups in total. The maximum Gasteiger partial charge on any atom is 0.324 e. The molecule has 0 spiro atoms. The van der Waals surface area contributed by atoms with Gasteiger partial charge in [-0.3, -0.25) is 9.69 Å². The van der Waals surface area contributed by atoms with Crippen molar-refractivity contribution in [2.24, 2.45) is 0 Å². The lowest BCUT2D eigenvalue weighted by Crippen LogP contribution is -2.60. The molecule has 1 aliphatic heterocycles. The average molecular weight is 543 g/mol. The van der Waals surface area contributed by atoms with Crippen LogP contribution >= 0.6 is 11.6 Å². The molecule has 3 aromatic carbocycles. The molecule has 3 aromatic rings. The molecular formula is C30H33ClF2N2O3. The predicted octanol–water partition coefficient (Wildman–Crippen LogP) is 6.05. The Bertz CT molecular complexity index is 1310. The van der Waals surface area contributed by atoms with Crippen LogP contribution in [0.15, 0.2) is 60.7 Å². The number of hydrogen-bond acceptors (Lipinski definition) is 4. The van der Waals surface area contributed by atoms with E-state index in [4.69, 9.17) is 16.3 Å². The summed E-state index contributed by atoms with van der Waals surface area (Å²) in [6.45, 7) is 2.71. The highest BCUT2D eigenvalue weighted by Crippen LogP contribution is 2.38. The van der Waals surface area contributed by atoms with Gasteiger partial charge in [0.2, 0.25) is 0 Å². The second-order valence-corrected chi connectivity index (χ2v) is 10.9. The van der Waals surface area contributed by atoms with Crippen molar-refractivity contribution in [1.29, 1.82) is 0 Å². The number of benzene rings is 3. The summed E-state index contributed by atoms with van der Waals surface area (Å²) in [5.41, 5.74) is -0.539. The number of carbonyl (C=O) groups excluding carboxylic acids is 1. The van der Waals surface area contributed by atoms with Crippen LogP contribution < -0.4 is 10.1 Å². The van der Waals surface area contributed by atoms with Crippen molar-refractivity contribution in [2.75, 3.05) is 13.1 Å². The quantitative estimate of drug-likeness (QED) is 0.327. The van der Waals surface area contributed by atoms with Crippen molar-refractivity contribution < 1.29 is 23.4 Å². The maximum absolute atomic E-state index is 15.0. The molecule has 1 saturated carbocycles. The normalized spacial score (nSPS) is 18.8. The van der Waals surface area contributed by atoms with E-state index in [1.165, 1.54) is 0 Å². The minimum absolute atomic E-state index is 0.0497. The lowest BCUT2D eigenvalue weighted by atomic mass is 9.93. The summed E-state index contributed by atoms with van der Waals surface area (Å²) < 4.78 is 35.9. The number of aryl methyl sites for hydroxylation is 1. The molecule has 5 rings (SSSR count). The Morgan fingerprint density at radius 1 is 1.11 bits per heavy atom. The van der Waals surface area contributed by atoms with Gasteiger partial charge in [-0.25, -0.2) is 0 Å². The van der Waals surface area contributed by atoms with E-state index in [9.17, 15) is 9.90 Å². The molecule has 38 heavy (non-hydrogen) atoms. The lowest BCUT2D eigenvalue weighted by molar-refractivity contribution is -0.159. The van der Waals surface area contributed by atoms with Gasteiger partial charge in [-0.1, -0.05) is 60.1 Å². The van der Waals surface area contributed by atoms with Crippen molar-refractivity contribution in [3.63, 3.8) is 0 Å². The highest BCUT2D eigenvalue weighted by atomic mass is 35.5. The molecule has 2 atom stereocenters. The number of aliphatic hydroxyl groups is 1. The Morgan fingerprint density at radius 3 is 2.50 bits per heavy atom. The first-order valence-corrected chi connectivity index (χ1v) is 13.7. The molecular weight excluding hydrogens is 510 g/mol. The topological polar surface area (TPSA) is 61.8 Å². The Morgan fingerprint density at radius 2 is 1.82 bits per heavy atom. The third kappa shape index (κ3) is 5.65. The Balaban J connectivity index is 1.30. The van der Waals surface area contributed by atoms with E-state index in [2.05, 4.69) is 5.32 Å². The fourth-order valence-corrected chi connectivity index (χ4v) is 5.39. The largest absolute Gasteiger partial charge is 0.489 e. The fraction of sp³-hybridized carbons (Fsp3) is 0.433. The first-order valence-electron chi connectivity index (χ1n) is 13.3. The van der Waals surface area contributed by atoms with Gasteiger partial charge < -0.3 is 15.2 Å². The number of carbonyl (C=O) groups is 1. The molecule has 2 fully saturated rings. The van der Waals surface area contributed by atoms with E-state index in [0.29, 0.717) is 29.4 Å². The summed E-state index contributed by atoms with van der Waals surface area (Å²) in [5.74, 6) is -4.48. The van der Waals surface area contributed by atoms with Gasteiger partial charge in [-0.15, -0.1) is 0 Å². The van der Waals surface area contributed by atoms with Gasteiger partial charge in [0, 0.05) is 25.1 Å². The van der Waals surface area contributed by atoms with Crippen molar-refractivity contribution in [3.8, 4) is 5.75 Å². The van der Waals surface area contributed by atoms with Crippen LogP contribution in [0.4, 0.5) is 8.78 Å². The number of rotatable bonds is 10. The minimum atomic E-state index is -3.61. The average Bonchev–Trinajstić information content (AvgIpc) is 3.55. The zero-order valence-electron chi connectivity index (χ0n) is 21.4. The molecule has 5 nitrogen and oxygen atoms in total. The third-order valence-corrected chi connectivity index (χ3v) is 7.88. The molecule has 0 unspecified atom stereocenters. The summed E-state index contributed by atoms with van der Waals surface area (Å²) in [5, 5.41) is 16.7. The SMILES string of the molecule is C[C@@H](NC(=O)C(F)(F)CCc1ccc2ccccc2c1)[C@](O)(c1ccc(OC2CC2)c(Cl)c1)N1CCCC1. The van der Waals surface area contributed by atoms with E-state index in [1.54, 1.807) is 25.1 Å². The van der Waals surface area contributed by atoms with E-state index in [1.807, 2.05) is 47.4 Å². The van der Waals surface area contributed by atoms with Crippen LogP contribution in [0.25, 0.3) is 10.8 Å². The van der Waals surface area contributed by atoms with Crippen LogP contribution in [0.2, 0.25) is 5.02 Å². The van der Waals surface area contributed by atoms with Crippen LogP contribution in [0.1, 0.15) is 50.2 Å². The number of ether oxygens (including phenoxy) is 1. The molecule has 0 radical (unpaired) electrons. The Hall–Kier alpha value is -2.74. The summed E-state index contributed by atoms with van der Waals surface area (Å²) in [4.78, 5) is 14.6. The molecule has 1 saturated heterocycles. The number of nitrogens with zero attached hydrogens (tertiary/aromatic N) is 1. The van der Waals surface area contributed by atoms with Crippen molar-refractivity contribution in [2.45, 2.75) is 69.2 Å². The highest BCUT2D eigenvalue weighted by molar-refractivity contribution is 6.32. The Kier molecular flexibility index (Phi) is 7.63. The molecule has 0 bridgehead atoms. The molecule has 202 valence electrons. The van der Waals surface area contributed by atoms with E-state index in [0.717, 1.165) is 42.0 Å². The predicted molar refractivity (Wildman–Crippen MR) is 145 cm³/mol. The first-order chi connectivity index (χ1) is 18.2. The molecule has 1 aliphatic carbocycles. The fourth-order valence-electron chi connectivity index (χ4n) is 5.17. The third-order valence-electron chi connectivity index (χ3n) is 7.59. The van der Waals surface area contributed by atoms with Crippen LogP contribution in [0.5, 0.6) is 5.75 Å². The minimum Gasteiger partial charge on any atom is -0.489 e. The lowest BCUT2D eigenvalue weighted by Gasteiger charge is -2.42. The van der Waals surface area contributed by atoms with Gasteiger partial charge in [0.15, 0.2) is 5.72 Å². The second kappa shape index (κ2) is 10.8. The van der Waals surface area contributed by atoms with Crippen LogP contribution in [0.3, 0.4) is 0 Å². The number of likely N-dealkylation sites (tertiary alicyclic amines) is 1. The molecule has 1 heterocycles. The van der Waals surface area contributed by atoms with Gasteiger partial charge in [-0.05, 0) is 67.5 Å². The van der Waals surface area contributed by atoms with Gasteiger partial charge in [0.1, 0.15) is 5.75 Å². The van der Waals surface area contributed by atoms with Gasteiger partial charge in [0.25, 0.3) is 5.91 Å². The smallest absolute Gasteiger partial charge is 0.324 e. The van der Waals surface area contributed by atoms with Crippen molar-refractivity contribution in [3.05, 3.63) is 76.8 Å². The highest BCUT2D eigenvalue weighted by Gasteiger charge is 2.47. The molecule has 1 amide bonds. The molecule has 8 heteroatoms. The van der Waals surface area contributed by atoms with E-state index < -0.39 is 30.0 Å². The van der Waals surface area contributed by atoms with Crippen LogP contribution in [-0.4, -0.2) is 47.1 Å². The monoisotopic (exact) mass is 542 g/mol. The summed E-state index contributed by atoms with van der Waals surface area (Å²) in [7, 11) is 0. The number of fused-ring (bicyclic) bond motifs is 1. The number of nitrogens with one attached hydrogen (secondary N) is 1. The van der Waals surface area contributed by atoms with Crippen LogP contribution in [0, 0.1) is 0 Å². The standard InChI is InChI=1S/C30H33ClF2N2O3/c1-20(34-28(36)29(32,33)15-14-21-8-9-22-6-2-3-7-23(22)18-21)30(37,35-16-4-5-17-35)24-10-13-27(26(31)19-24)38-25-11-12-25/h2-3,6-10,13,18-20,25,37H,4-5,11-12,14-17H2,1H3,(H,34,36)/t20-,30+/m1/s1. The van der Waals surface area contributed by atoms with Crippen LogP contribution in [-0.2, 0) is 16.9 Å². The number of amides is 1. The summed E-state index contributed by atoms with van der Waals surface area (Å²) >= 11 is 6.47. The van der Waals surface area contributed by atoms with Gasteiger partial charge in [0.05, 0.1) is 17.2 Å². The Labute approximate surface area is 226 Å². The van der Waals surface area contributed by atoms with E-state index >= 15 is 8.78 Å². The first kappa shape index (κ1) is 26.9. The second-order valence-electron chi connectivity index (χ2n) is 10.5. The molecule has 2 aliphatic rings. The number of hydrogen-bond donors (Lipinski definition) is 2. The zero-order valence-corrected chi connectivity index (χ0v) is 22.2. The molecule has 0 aromatic heterocycles. The van der Waals surface area contributed by atoms with Gasteiger partial charge in [-0.2, -0.15) is 8.78 Å². The summed E-state index contributed by atoms with van der Waals surface area (Å²) in [6.07, 6.45) is 3.26. The van der Waals surface area contributed by atoms with Gasteiger partial charge >= 0.3 is 5.92 Å². The van der Waals surface area contributed by atoms with Crippen molar-refractivity contribution in [1.82, 2.24) is 10.2 Å². The number of alkyl halides is 2. The van der Waals surface area contributed by atoms with E-state index in [-0.39, 0.29) is 12.5 Å². The van der Waals surface area contributed by atoms with Crippen molar-refractivity contribution >= 4 is 28.3 Å².